The average Bonchev–Trinajstić information content (AvgIpc) is 3.21. The molecule has 2 saturated heterocycles. The molecule has 2 aliphatic rings. The molecule has 0 atom stereocenters. The zero-order chi connectivity index (χ0) is 17.9. The molecule has 0 unspecified atom stereocenters. The third-order valence-electron chi connectivity index (χ3n) is 1.40. The second kappa shape index (κ2) is 49.5. The zero-order valence-corrected chi connectivity index (χ0v) is 18.1. The van der Waals surface area contributed by atoms with Gasteiger partial charge in [0.2, 0.25) is 0 Å². The second-order valence-electron chi connectivity index (χ2n) is 4.15. The maximum absolute atomic E-state index is 4.82. The summed E-state index contributed by atoms with van der Waals surface area (Å²) in [4.78, 5) is 0. The topological polar surface area (TPSA) is 74.9 Å². The van der Waals surface area contributed by atoms with Crippen molar-refractivity contribution in [2.45, 2.75) is 25.7 Å². The van der Waals surface area contributed by atoms with E-state index >= 15 is 0 Å². The smallest absolute Gasteiger partial charge is 0.00878 e. The Morgan fingerprint density at radius 2 is 0.783 bits per heavy atom. The van der Waals surface area contributed by atoms with Gasteiger partial charge in [-0.1, -0.05) is 12.8 Å². The molecule has 0 aromatic rings. The van der Waals surface area contributed by atoms with Gasteiger partial charge in [-0.3, -0.25) is 0 Å². The Hall–Kier alpha value is 0.474. The fraction of sp³-hybridized carbons (Fsp3) is 0.875. The van der Waals surface area contributed by atoms with E-state index in [0.717, 1.165) is 26.1 Å². The predicted octanol–water partition coefficient (Wildman–Crippen LogP) is 4.39. The van der Waals surface area contributed by atoms with Crippen LogP contribution < -0.4 is 0 Å². The molecule has 7 heteroatoms. The van der Waals surface area contributed by atoms with Crippen LogP contribution in [0.2, 0.25) is 0 Å². The molecule has 0 N–H and O–H groups in total. The monoisotopic (exact) mass is 366 g/mol. The minimum absolute atomic E-state index is 0. The first kappa shape index (κ1) is 34.7. The van der Waals surface area contributed by atoms with Crippen molar-refractivity contribution in [2.75, 3.05) is 69.6 Å². The Bertz CT molecular complexity index is 95.4. The van der Waals surface area contributed by atoms with E-state index in [0.29, 0.717) is 0 Å². The van der Waals surface area contributed by atoms with E-state index in [4.69, 9.17) is 9.47 Å². The molecule has 0 aliphatic carbocycles. The van der Waals surface area contributed by atoms with Gasteiger partial charge in [-0.2, -0.15) is 69.2 Å². The van der Waals surface area contributed by atoms with Gasteiger partial charge < -0.3 is 30.7 Å². The molecule has 23 heavy (non-hydrogen) atoms. The maximum Gasteiger partial charge on any atom is 0.00878 e. The van der Waals surface area contributed by atoms with Crippen LogP contribution in [-0.4, -0.2) is 69.6 Å². The van der Waals surface area contributed by atoms with Gasteiger partial charge in [0.15, 0.2) is 0 Å². The summed E-state index contributed by atoms with van der Waals surface area (Å²) in [5.41, 5.74) is 0. The molecule has 2 aliphatic heterocycles. The van der Waals surface area contributed by atoms with E-state index in [-0.39, 0.29) is 21.7 Å². The SMILES string of the molecule is C[N-]C.C[N-]C.C[N-]C.C[N-]C.[CH-]1CCCO1.[CH-]1CCCO1.[Ti]. The minimum atomic E-state index is 0. The minimum Gasteiger partial charge on any atom is -0.668 e. The largest absolute Gasteiger partial charge is 0.668 e. The fourth-order valence-corrected chi connectivity index (χ4v) is 0.833. The van der Waals surface area contributed by atoms with Gasteiger partial charge >= 0.3 is 0 Å². The van der Waals surface area contributed by atoms with Crippen molar-refractivity contribution >= 4 is 0 Å². The zero-order valence-electron chi connectivity index (χ0n) is 16.5. The number of rotatable bonds is 0. The number of ether oxygens (including phenoxy) is 2. The summed E-state index contributed by atoms with van der Waals surface area (Å²) >= 11 is 0. The summed E-state index contributed by atoms with van der Waals surface area (Å²) < 4.78 is 9.64. The number of hydrogen-bond acceptors (Lipinski definition) is 2. The van der Waals surface area contributed by atoms with Gasteiger partial charge in [-0.25, -0.2) is 13.2 Å². The van der Waals surface area contributed by atoms with E-state index in [1.807, 2.05) is 13.2 Å². The summed E-state index contributed by atoms with van der Waals surface area (Å²) in [6.07, 6.45) is 4.75. The molecule has 144 valence electrons. The molecule has 2 fully saturated rings. The van der Waals surface area contributed by atoms with Crippen LogP contribution in [0.1, 0.15) is 25.7 Å². The molecule has 0 saturated carbocycles. The number of hydrogen-bond donors (Lipinski definition) is 0. The molecule has 0 amide bonds. The maximum atomic E-state index is 4.82. The fourth-order valence-electron chi connectivity index (χ4n) is 0.833. The van der Waals surface area contributed by atoms with Gasteiger partial charge in [0.1, 0.15) is 0 Å². The van der Waals surface area contributed by atoms with E-state index in [1.165, 1.54) is 12.8 Å². The Labute approximate surface area is 161 Å². The molecule has 6 nitrogen and oxygen atoms in total. The van der Waals surface area contributed by atoms with Crippen LogP contribution in [0.4, 0.5) is 0 Å². The second-order valence-corrected chi connectivity index (χ2v) is 4.15. The van der Waals surface area contributed by atoms with Crippen molar-refractivity contribution in [2.24, 2.45) is 0 Å². The quantitative estimate of drug-likeness (QED) is 0.471. The molecular weight excluding hydrogens is 328 g/mol. The normalized spacial score (nSPS) is 13.6. The van der Waals surface area contributed by atoms with Crippen molar-refractivity contribution < 1.29 is 31.2 Å². The van der Waals surface area contributed by atoms with Crippen molar-refractivity contribution in [1.29, 1.82) is 0 Å². The predicted molar refractivity (Wildman–Crippen MR) is 99.8 cm³/mol. The Morgan fingerprint density at radius 1 is 0.565 bits per heavy atom. The summed E-state index contributed by atoms with van der Waals surface area (Å²) in [7, 11) is 14.0. The molecule has 0 radical (unpaired) electrons. The molecule has 2 heterocycles. The van der Waals surface area contributed by atoms with Crippen LogP contribution >= 0.6 is 0 Å². The van der Waals surface area contributed by atoms with Crippen molar-refractivity contribution in [3.05, 3.63) is 34.5 Å². The molecule has 2 rings (SSSR count). The summed E-state index contributed by atoms with van der Waals surface area (Å²) in [5, 5.41) is 14.0. The van der Waals surface area contributed by atoms with Crippen LogP contribution in [-0.2, 0) is 31.2 Å². The molecular formula is C16H38N4O2Ti-6. The van der Waals surface area contributed by atoms with Crippen molar-refractivity contribution in [3.63, 3.8) is 0 Å². The van der Waals surface area contributed by atoms with Crippen LogP contribution in [0.15, 0.2) is 0 Å². The Morgan fingerprint density at radius 3 is 0.826 bits per heavy atom. The van der Waals surface area contributed by atoms with Crippen LogP contribution in [0, 0.1) is 13.2 Å². The molecule has 0 spiro atoms. The average molecular weight is 366 g/mol. The van der Waals surface area contributed by atoms with Gasteiger partial charge in [0, 0.05) is 34.9 Å². The Kier molecular flexibility index (Phi) is 74.7. The summed E-state index contributed by atoms with van der Waals surface area (Å²) in [5.74, 6) is 0. The van der Waals surface area contributed by atoms with Gasteiger partial charge in [0.25, 0.3) is 0 Å². The van der Waals surface area contributed by atoms with E-state index in [9.17, 15) is 0 Å². The third kappa shape index (κ3) is 85.9. The Balaban J connectivity index is -0.0000000573. The van der Waals surface area contributed by atoms with Crippen LogP contribution in [0.5, 0.6) is 0 Å². The standard InChI is InChI=1S/2C4H7O.4C2H6N.Ti/c2*1-2-4-5-3-1;4*1-3-2;/h2*3H,1-2,4H2;4*1-2H3;/q6*-1;. The first-order valence-electron chi connectivity index (χ1n) is 7.44. The summed E-state index contributed by atoms with van der Waals surface area (Å²) in [6.45, 7) is 5.61. The first-order valence-corrected chi connectivity index (χ1v) is 7.44. The van der Waals surface area contributed by atoms with Crippen molar-refractivity contribution in [3.8, 4) is 0 Å². The van der Waals surface area contributed by atoms with Crippen LogP contribution in [0.3, 0.4) is 0 Å². The van der Waals surface area contributed by atoms with Gasteiger partial charge in [-0.05, 0) is 0 Å². The van der Waals surface area contributed by atoms with E-state index in [1.54, 1.807) is 56.4 Å². The van der Waals surface area contributed by atoms with Crippen molar-refractivity contribution in [1.82, 2.24) is 0 Å². The van der Waals surface area contributed by atoms with Gasteiger partial charge in [-0.15, -0.1) is 0 Å². The first-order chi connectivity index (χ1) is 10.7. The van der Waals surface area contributed by atoms with E-state index in [2.05, 4.69) is 21.3 Å². The van der Waals surface area contributed by atoms with Gasteiger partial charge in [0.05, 0.1) is 0 Å². The molecule has 0 aromatic heterocycles. The molecule has 0 bridgehead atoms. The van der Waals surface area contributed by atoms with Crippen LogP contribution in [0.25, 0.3) is 21.3 Å². The van der Waals surface area contributed by atoms with E-state index < -0.39 is 0 Å². The third-order valence-corrected chi connectivity index (χ3v) is 1.40. The number of nitrogens with zero attached hydrogens (tertiary/aromatic N) is 4. The molecule has 0 aromatic carbocycles. The summed E-state index contributed by atoms with van der Waals surface area (Å²) in [6, 6.07) is 0.